The molecule has 8 heteroatoms. The van der Waals surface area contributed by atoms with Gasteiger partial charge < -0.3 is 15.2 Å². The number of ketones is 1. The number of rotatable bonds is 2. The molecule has 0 fully saturated rings. The Kier molecular flexibility index (Phi) is 4.40. The van der Waals surface area contributed by atoms with Crippen LogP contribution in [0.2, 0.25) is 0 Å². The van der Waals surface area contributed by atoms with E-state index in [1.54, 1.807) is 0 Å². The quantitative estimate of drug-likeness (QED) is 0.866. The summed E-state index contributed by atoms with van der Waals surface area (Å²) in [6.07, 6.45) is -3.98. The van der Waals surface area contributed by atoms with Gasteiger partial charge in [0.15, 0.2) is 5.78 Å². The number of carbonyl (C=O) groups is 1. The maximum Gasteiger partial charge on any atom is 0.573 e. The SMILES string of the molecule is C[C@@H]1CC(=O)C2=C(C1)OC(N)=C(C#N)[C@H]2c1ccc(OC(F)(F)F)cc1. The van der Waals surface area contributed by atoms with Gasteiger partial charge in [0.2, 0.25) is 5.88 Å². The molecule has 26 heavy (non-hydrogen) atoms. The third-order valence-corrected chi connectivity index (χ3v) is 4.31. The van der Waals surface area contributed by atoms with Crippen LogP contribution in [-0.4, -0.2) is 12.1 Å². The average molecular weight is 364 g/mol. The van der Waals surface area contributed by atoms with Gasteiger partial charge in [-0.05, 0) is 23.6 Å². The molecule has 1 aliphatic carbocycles. The Morgan fingerprint density at radius 1 is 1.27 bits per heavy atom. The van der Waals surface area contributed by atoms with Gasteiger partial charge in [-0.2, -0.15) is 5.26 Å². The summed E-state index contributed by atoms with van der Waals surface area (Å²) in [6.45, 7) is 1.91. The number of nitriles is 1. The number of benzene rings is 1. The fourth-order valence-corrected chi connectivity index (χ4v) is 3.29. The van der Waals surface area contributed by atoms with Crippen molar-refractivity contribution >= 4 is 5.78 Å². The minimum Gasteiger partial charge on any atom is -0.444 e. The second-order valence-corrected chi connectivity index (χ2v) is 6.32. The Labute approximate surface area is 147 Å². The minimum atomic E-state index is -4.80. The first-order chi connectivity index (χ1) is 12.2. The van der Waals surface area contributed by atoms with Crippen molar-refractivity contribution in [1.29, 1.82) is 5.26 Å². The third-order valence-electron chi connectivity index (χ3n) is 4.31. The van der Waals surface area contributed by atoms with Crippen molar-refractivity contribution in [3.05, 3.63) is 52.6 Å². The second kappa shape index (κ2) is 6.41. The molecular weight excluding hydrogens is 349 g/mol. The number of halogens is 3. The number of hydrogen-bond donors (Lipinski definition) is 1. The minimum absolute atomic E-state index is 0.0659. The van der Waals surface area contributed by atoms with Crippen LogP contribution < -0.4 is 10.5 Å². The maximum atomic E-state index is 12.6. The molecule has 1 aromatic rings. The van der Waals surface area contributed by atoms with E-state index in [1.165, 1.54) is 12.1 Å². The second-order valence-electron chi connectivity index (χ2n) is 6.32. The predicted octanol–water partition coefficient (Wildman–Crippen LogP) is 3.65. The monoisotopic (exact) mass is 364 g/mol. The van der Waals surface area contributed by atoms with Crippen molar-refractivity contribution in [2.24, 2.45) is 11.7 Å². The van der Waals surface area contributed by atoms with Crippen molar-refractivity contribution in [2.75, 3.05) is 0 Å². The van der Waals surface area contributed by atoms with Crippen LogP contribution in [0.4, 0.5) is 13.2 Å². The normalized spacial score (nSPS) is 23.3. The molecule has 0 saturated carbocycles. The summed E-state index contributed by atoms with van der Waals surface area (Å²) in [6, 6.07) is 7.00. The van der Waals surface area contributed by atoms with Crippen LogP contribution in [0, 0.1) is 17.2 Å². The zero-order valence-electron chi connectivity index (χ0n) is 13.8. The lowest BCUT2D eigenvalue weighted by Gasteiger charge is -2.33. The molecule has 0 spiro atoms. The first kappa shape index (κ1) is 17.9. The molecule has 136 valence electrons. The summed E-state index contributed by atoms with van der Waals surface area (Å²) in [5.41, 5.74) is 6.73. The van der Waals surface area contributed by atoms with E-state index < -0.39 is 12.3 Å². The Balaban J connectivity index is 2.03. The van der Waals surface area contributed by atoms with Crippen LogP contribution >= 0.6 is 0 Å². The highest BCUT2D eigenvalue weighted by atomic mass is 19.4. The van der Waals surface area contributed by atoms with Gasteiger partial charge in [0, 0.05) is 18.4 Å². The predicted molar refractivity (Wildman–Crippen MR) is 84.2 cm³/mol. The molecular formula is C18H15F3N2O3. The van der Waals surface area contributed by atoms with Crippen molar-refractivity contribution in [3.8, 4) is 11.8 Å². The lowest BCUT2D eigenvalue weighted by Crippen LogP contribution is -2.29. The number of carbonyl (C=O) groups excluding carboxylic acids is 1. The number of ether oxygens (including phenoxy) is 2. The highest BCUT2D eigenvalue weighted by molar-refractivity contribution is 5.99. The van der Waals surface area contributed by atoms with Gasteiger partial charge in [-0.3, -0.25) is 4.79 Å². The molecule has 2 atom stereocenters. The lowest BCUT2D eigenvalue weighted by molar-refractivity contribution is -0.274. The fraction of sp³-hybridized carbons (Fsp3) is 0.333. The van der Waals surface area contributed by atoms with E-state index in [1.807, 2.05) is 13.0 Å². The number of Topliss-reactive ketones (excluding diaryl/α,β-unsaturated/α-hetero) is 1. The molecule has 0 bridgehead atoms. The molecule has 0 aromatic heterocycles. The molecule has 1 heterocycles. The van der Waals surface area contributed by atoms with Crippen LogP contribution in [0.5, 0.6) is 5.75 Å². The van der Waals surface area contributed by atoms with Gasteiger partial charge in [0.1, 0.15) is 23.2 Å². The highest BCUT2D eigenvalue weighted by Crippen LogP contribution is 2.44. The first-order valence-corrected chi connectivity index (χ1v) is 7.89. The van der Waals surface area contributed by atoms with E-state index in [0.717, 1.165) is 12.1 Å². The van der Waals surface area contributed by atoms with Gasteiger partial charge in [0.05, 0.1) is 5.92 Å². The standard InChI is InChI=1S/C18H15F3N2O3/c1-9-6-13(24)16-14(7-9)25-17(23)12(8-22)15(16)10-2-4-11(5-3-10)26-18(19,20)21/h2-5,9,15H,6-7,23H2,1H3/t9-,15-/m1/s1. The highest BCUT2D eigenvalue weighted by Gasteiger charge is 2.39. The molecule has 2 N–H and O–H groups in total. The van der Waals surface area contributed by atoms with Gasteiger partial charge in [-0.25, -0.2) is 0 Å². The Morgan fingerprint density at radius 2 is 1.92 bits per heavy atom. The number of nitrogens with two attached hydrogens (primary N) is 1. The number of nitrogens with zero attached hydrogens (tertiary/aromatic N) is 1. The van der Waals surface area contributed by atoms with Crippen LogP contribution in [0.1, 0.15) is 31.2 Å². The summed E-state index contributed by atoms with van der Waals surface area (Å²) < 4.78 is 46.3. The van der Waals surface area contributed by atoms with E-state index >= 15 is 0 Å². The van der Waals surface area contributed by atoms with Crippen molar-refractivity contribution in [3.63, 3.8) is 0 Å². The van der Waals surface area contributed by atoms with Gasteiger partial charge in [0.25, 0.3) is 0 Å². The maximum absolute atomic E-state index is 12.6. The van der Waals surface area contributed by atoms with E-state index in [9.17, 15) is 23.2 Å². The molecule has 1 aliphatic heterocycles. The number of alkyl halides is 3. The third kappa shape index (κ3) is 3.38. The molecule has 1 aromatic carbocycles. The van der Waals surface area contributed by atoms with Crippen LogP contribution in [0.3, 0.4) is 0 Å². The average Bonchev–Trinajstić information content (AvgIpc) is 2.52. The summed E-state index contributed by atoms with van der Waals surface area (Å²) in [4.78, 5) is 12.6. The number of hydrogen-bond acceptors (Lipinski definition) is 5. The van der Waals surface area contributed by atoms with Crippen molar-refractivity contribution < 1.29 is 27.4 Å². The van der Waals surface area contributed by atoms with Gasteiger partial charge in [-0.1, -0.05) is 19.1 Å². The topological polar surface area (TPSA) is 85.3 Å². The largest absolute Gasteiger partial charge is 0.573 e. The Morgan fingerprint density at radius 3 is 2.50 bits per heavy atom. The number of allylic oxidation sites excluding steroid dienone is 3. The van der Waals surface area contributed by atoms with E-state index in [0.29, 0.717) is 29.7 Å². The van der Waals surface area contributed by atoms with Crippen molar-refractivity contribution in [2.45, 2.75) is 32.0 Å². The summed E-state index contributed by atoms with van der Waals surface area (Å²) in [5, 5.41) is 9.45. The summed E-state index contributed by atoms with van der Waals surface area (Å²) >= 11 is 0. The molecule has 5 nitrogen and oxygen atoms in total. The zero-order chi connectivity index (χ0) is 19.1. The summed E-state index contributed by atoms with van der Waals surface area (Å²) in [7, 11) is 0. The Hall–Kier alpha value is -2.95. The Bertz CT molecular complexity index is 848. The molecule has 3 rings (SSSR count). The fourth-order valence-electron chi connectivity index (χ4n) is 3.29. The molecule has 0 unspecified atom stereocenters. The van der Waals surface area contributed by atoms with E-state index in [4.69, 9.17) is 10.5 Å². The van der Waals surface area contributed by atoms with E-state index in [-0.39, 0.29) is 28.9 Å². The summed E-state index contributed by atoms with van der Waals surface area (Å²) in [5.74, 6) is -0.884. The van der Waals surface area contributed by atoms with Crippen LogP contribution in [-0.2, 0) is 9.53 Å². The van der Waals surface area contributed by atoms with Crippen molar-refractivity contribution in [1.82, 2.24) is 0 Å². The van der Waals surface area contributed by atoms with Crippen LogP contribution in [0.25, 0.3) is 0 Å². The first-order valence-electron chi connectivity index (χ1n) is 7.89. The van der Waals surface area contributed by atoms with E-state index in [2.05, 4.69) is 4.74 Å². The lowest BCUT2D eigenvalue weighted by atomic mass is 9.75. The molecule has 2 aliphatic rings. The van der Waals surface area contributed by atoms with Gasteiger partial charge in [-0.15, -0.1) is 13.2 Å². The molecule has 0 radical (unpaired) electrons. The van der Waals surface area contributed by atoms with Gasteiger partial charge >= 0.3 is 6.36 Å². The van der Waals surface area contributed by atoms with Crippen LogP contribution in [0.15, 0.2) is 47.1 Å². The molecule has 0 saturated heterocycles. The zero-order valence-corrected chi connectivity index (χ0v) is 13.8. The smallest absolute Gasteiger partial charge is 0.444 e. The molecule has 0 amide bonds.